The molecular formula is C6H11NO2S. The van der Waals surface area contributed by atoms with Gasteiger partial charge in [-0.05, 0) is 19.4 Å². The van der Waals surface area contributed by atoms with Crippen molar-refractivity contribution < 1.29 is 9.90 Å². The van der Waals surface area contributed by atoms with Crippen molar-refractivity contribution in [1.29, 1.82) is 0 Å². The van der Waals surface area contributed by atoms with Crippen molar-refractivity contribution in [3.8, 4) is 0 Å². The Bertz CT molecular complexity index is 140. The van der Waals surface area contributed by atoms with Crippen LogP contribution in [0.5, 0.6) is 0 Å². The third-order valence-electron chi connectivity index (χ3n) is 1.67. The van der Waals surface area contributed by atoms with Gasteiger partial charge in [-0.25, -0.2) is 0 Å². The highest BCUT2D eigenvalue weighted by molar-refractivity contribution is 7.80. The molecule has 1 aliphatic heterocycles. The Morgan fingerprint density at radius 1 is 1.70 bits per heavy atom. The Kier molecular flexibility index (Phi) is 2.56. The van der Waals surface area contributed by atoms with E-state index in [1.165, 1.54) is 0 Å². The lowest BCUT2D eigenvalue weighted by Gasteiger charge is -2.23. The molecule has 1 rings (SSSR count). The van der Waals surface area contributed by atoms with E-state index in [1.54, 1.807) is 0 Å². The van der Waals surface area contributed by atoms with Crippen LogP contribution in [-0.4, -0.2) is 28.9 Å². The maximum atomic E-state index is 10.4. The summed E-state index contributed by atoms with van der Waals surface area (Å²) in [4.78, 5) is 10.4. The van der Waals surface area contributed by atoms with Crippen molar-refractivity contribution in [3.05, 3.63) is 0 Å². The number of hydrogen-bond donors (Lipinski definition) is 3. The summed E-state index contributed by atoms with van der Waals surface area (Å²) in [6.45, 7) is 0.769. The molecule has 0 bridgehead atoms. The zero-order chi connectivity index (χ0) is 7.56. The topological polar surface area (TPSA) is 49.3 Å². The predicted molar refractivity (Wildman–Crippen MR) is 41.4 cm³/mol. The highest BCUT2D eigenvalue weighted by Gasteiger charge is 2.23. The summed E-state index contributed by atoms with van der Waals surface area (Å²) < 4.78 is 0. The summed E-state index contributed by atoms with van der Waals surface area (Å²) in [5.41, 5.74) is 0. The van der Waals surface area contributed by atoms with Crippen LogP contribution < -0.4 is 5.32 Å². The van der Waals surface area contributed by atoms with Gasteiger partial charge >= 0.3 is 5.97 Å². The Labute approximate surface area is 65.2 Å². The second-order valence-electron chi connectivity index (χ2n) is 2.52. The second-order valence-corrected chi connectivity index (χ2v) is 3.25. The molecule has 58 valence electrons. The van der Waals surface area contributed by atoms with Gasteiger partial charge in [-0.15, -0.1) is 0 Å². The first kappa shape index (κ1) is 7.88. The Morgan fingerprint density at radius 3 is 2.80 bits per heavy atom. The number of piperidine rings is 1. The number of nitrogens with one attached hydrogen (secondary N) is 1. The molecular weight excluding hydrogens is 150 g/mol. The van der Waals surface area contributed by atoms with Gasteiger partial charge in [0.2, 0.25) is 0 Å². The van der Waals surface area contributed by atoms with Crippen molar-refractivity contribution in [2.45, 2.75) is 24.1 Å². The van der Waals surface area contributed by atoms with Crippen LogP contribution >= 0.6 is 12.6 Å². The normalized spacial score (nSPS) is 33.7. The van der Waals surface area contributed by atoms with E-state index < -0.39 is 5.97 Å². The monoisotopic (exact) mass is 161 g/mol. The highest BCUT2D eigenvalue weighted by atomic mass is 32.1. The van der Waals surface area contributed by atoms with Gasteiger partial charge in [0.05, 0.1) is 0 Å². The fraction of sp³-hybridized carbons (Fsp3) is 0.833. The molecule has 0 aromatic rings. The molecule has 3 nitrogen and oxygen atoms in total. The summed E-state index contributed by atoms with van der Waals surface area (Å²) in [6.07, 6.45) is 1.60. The lowest BCUT2D eigenvalue weighted by molar-refractivity contribution is -0.139. The predicted octanol–water partition coefficient (Wildman–Crippen LogP) is 0.121. The first-order chi connectivity index (χ1) is 4.70. The lowest BCUT2D eigenvalue weighted by Crippen LogP contribution is -2.43. The maximum absolute atomic E-state index is 10.4. The molecule has 1 saturated heterocycles. The van der Waals surface area contributed by atoms with Crippen molar-refractivity contribution in [1.82, 2.24) is 5.32 Å². The molecule has 4 heteroatoms. The SMILES string of the molecule is O=C(O)C1CC(S)CCN1. The average molecular weight is 161 g/mol. The van der Waals surface area contributed by atoms with Gasteiger partial charge in [0, 0.05) is 5.25 Å². The van der Waals surface area contributed by atoms with Gasteiger partial charge < -0.3 is 10.4 Å². The zero-order valence-electron chi connectivity index (χ0n) is 5.58. The van der Waals surface area contributed by atoms with Crippen LogP contribution in [0.15, 0.2) is 0 Å². The van der Waals surface area contributed by atoms with Crippen molar-refractivity contribution in [2.75, 3.05) is 6.54 Å². The standard InChI is InChI=1S/C6H11NO2S/c8-6(9)5-3-4(10)1-2-7-5/h4-5,7,10H,1-3H2,(H,8,9). The molecule has 1 aliphatic rings. The molecule has 10 heavy (non-hydrogen) atoms. The summed E-state index contributed by atoms with van der Waals surface area (Å²) in [7, 11) is 0. The van der Waals surface area contributed by atoms with Crippen LogP contribution in [0.4, 0.5) is 0 Å². The van der Waals surface area contributed by atoms with Gasteiger partial charge in [-0.1, -0.05) is 0 Å². The molecule has 1 fully saturated rings. The minimum Gasteiger partial charge on any atom is -0.480 e. The average Bonchev–Trinajstić information content (AvgIpc) is 1.88. The van der Waals surface area contributed by atoms with E-state index in [-0.39, 0.29) is 11.3 Å². The first-order valence-corrected chi connectivity index (χ1v) is 3.86. The Hall–Kier alpha value is -0.220. The Balaban J connectivity index is 2.39. The highest BCUT2D eigenvalue weighted by Crippen LogP contribution is 2.13. The number of aliphatic carboxylic acids is 1. The maximum Gasteiger partial charge on any atom is 0.320 e. The van der Waals surface area contributed by atoms with Crippen LogP contribution in [0.2, 0.25) is 0 Å². The number of hydrogen-bond acceptors (Lipinski definition) is 3. The van der Waals surface area contributed by atoms with Crippen molar-refractivity contribution >= 4 is 18.6 Å². The van der Waals surface area contributed by atoms with Gasteiger partial charge in [0.15, 0.2) is 0 Å². The molecule has 1 heterocycles. The molecule has 2 N–H and O–H groups in total. The molecule has 0 aromatic heterocycles. The van der Waals surface area contributed by atoms with E-state index in [2.05, 4.69) is 17.9 Å². The van der Waals surface area contributed by atoms with Crippen molar-refractivity contribution in [3.63, 3.8) is 0 Å². The lowest BCUT2D eigenvalue weighted by atomic mass is 10.1. The fourth-order valence-electron chi connectivity index (χ4n) is 1.09. The Morgan fingerprint density at radius 2 is 2.40 bits per heavy atom. The minimum atomic E-state index is -0.765. The summed E-state index contributed by atoms with van der Waals surface area (Å²) in [5.74, 6) is -0.765. The number of rotatable bonds is 1. The van der Waals surface area contributed by atoms with Crippen LogP contribution in [-0.2, 0) is 4.79 Å². The van der Waals surface area contributed by atoms with Gasteiger partial charge in [-0.2, -0.15) is 12.6 Å². The van der Waals surface area contributed by atoms with Crippen LogP contribution in [0.25, 0.3) is 0 Å². The van der Waals surface area contributed by atoms with E-state index in [0.29, 0.717) is 6.42 Å². The summed E-state index contributed by atoms with van der Waals surface area (Å²) >= 11 is 4.21. The van der Waals surface area contributed by atoms with E-state index >= 15 is 0 Å². The smallest absolute Gasteiger partial charge is 0.320 e. The molecule has 0 aromatic carbocycles. The number of carboxylic acids is 1. The summed E-state index contributed by atoms with van der Waals surface area (Å²) in [5, 5.41) is 11.7. The first-order valence-electron chi connectivity index (χ1n) is 3.34. The van der Waals surface area contributed by atoms with Crippen LogP contribution in [0, 0.1) is 0 Å². The van der Waals surface area contributed by atoms with Gasteiger partial charge in [0.1, 0.15) is 6.04 Å². The van der Waals surface area contributed by atoms with Crippen molar-refractivity contribution in [2.24, 2.45) is 0 Å². The summed E-state index contributed by atoms with van der Waals surface area (Å²) in [6, 6.07) is -0.378. The molecule has 0 amide bonds. The zero-order valence-corrected chi connectivity index (χ0v) is 6.47. The fourth-order valence-corrected chi connectivity index (χ4v) is 1.43. The van der Waals surface area contributed by atoms with Gasteiger partial charge in [0.25, 0.3) is 0 Å². The molecule has 0 aliphatic carbocycles. The molecule has 0 radical (unpaired) electrons. The number of carboxylic acid groups (broad SMARTS) is 1. The largest absolute Gasteiger partial charge is 0.480 e. The van der Waals surface area contributed by atoms with Gasteiger partial charge in [-0.3, -0.25) is 4.79 Å². The van der Waals surface area contributed by atoms with Crippen LogP contribution in [0.3, 0.4) is 0 Å². The molecule has 2 atom stereocenters. The van der Waals surface area contributed by atoms with E-state index in [0.717, 1.165) is 13.0 Å². The van der Waals surface area contributed by atoms with E-state index in [4.69, 9.17) is 5.11 Å². The molecule has 2 unspecified atom stereocenters. The van der Waals surface area contributed by atoms with Crippen LogP contribution in [0.1, 0.15) is 12.8 Å². The number of thiol groups is 1. The third kappa shape index (κ3) is 1.88. The van der Waals surface area contributed by atoms with E-state index in [9.17, 15) is 4.79 Å². The van der Waals surface area contributed by atoms with E-state index in [1.807, 2.05) is 0 Å². The molecule has 0 spiro atoms. The molecule has 0 saturated carbocycles. The minimum absolute atomic E-state index is 0.252. The number of carbonyl (C=O) groups is 1. The quantitative estimate of drug-likeness (QED) is 0.479. The second kappa shape index (κ2) is 3.25. The third-order valence-corrected chi connectivity index (χ3v) is 2.14.